The number of hydrogen-bond donors (Lipinski definition) is 1. The van der Waals surface area contributed by atoms with Gasteiger partial charge in [-0.2, -0.15) is 0 Å². The van der Waals surface area contributed by atoms with Gasteiger partial charge in [0.25, 0.3) is 0 Å². The van der Waals surface area contributed by atoms with Crippen molar-refractivity contribution in [1.29, 1.82) is 0 Å². The van der Waals surface area contributed by atoms with Crippen LogP contribution in [0.25, 0.3) is 0 Å². The molecule has 0 bridgehead atoms. The fourth-order valence-corrected chi connectivity index (χ4v) is 4.33. The molecule has 0 radical (unpaired) electrons. The second-order valence-corrected chi connectivity index (χ2v) is 8.40. The van der Waals surface area contributed by atoms with E-state index in [1.54, 1.807) is 21.3 Å². The van der Waals surface area contributed by atoms with Crippen molar-refractivity contribution in [1.82, 2.24) is 0 Å². The molecule has 6 nitrogen and oxygen atoms in total. The van der Waals surface area contributed by atoms with E-state index in [1.807, 2.05) is 32.1 Å². The quantitative estimate of drug-likeness (QED) is 0.550. The summed E-state index contributed by atoms with van der Waals surface area (Å²) in [4.78, 5) is 0. The van der Waals surface area contributed by atoms with Gasteiger partial charge in [0.1, 0.15) is 6.10 Å². The van der Waals surface area contributed by atoms with E-state index < -0.39 is 5.79 Å². The van der Waals surface area contributed by atoms with E-state index in [9.17, 15) is 5.11 Å². The van der Waals surface area contributed by atoms with Crippen molar-refractivity contribution >= 4 is 0 Å². The van der Waals surface area contributed by atoms with Gasteiger partial charge < -0.3 is 28.8 Å². The molecule has 2 fully saturated rings. The number of allylic oxidation sites excluding steroid dienone is 2. The van der Waals surface area contributed by atoms with Crippen LogP contribution in [0.2, 0.25) is 0 Å². The normalized spacial score (nSPS) is 36.6. The van der Waals surface area contributed by atoms with Crippen LogP contribution < -0.4 is 0 Å². The molecular weight excluding hydrogens is 372 g/mol. The largest absolute Gasteiger partial charge is 0.381 e. The first-order valence-corrected chi connectivity index (χ1v) is 10.8. The SMILES string of the molecule is CC[C@H](OC)[C@@H](C)[C@H]1C[C@@](O)([C@@H](C)/C=C/C=C(\C)[C@@H]2O[C@H](OC)CC[C@@H]2OC)O1. The van der Waals surface area contributed by atoms with Crippen molar-refractivity contribution in [2.24, 2.45) is 11.8 Å². The zero-order chi connectivity index (χ0) is 21.6. The first-order valence-electron chi connectivity index (χ1n) is 10.8. The first kappa shape index (κ1) is 24.5. The van der Waals surface area contributed by atoms with Gasteiger partial charge in [0.15, 0.2) is 12.1 Å². The molecule has 6 heteroatoms. The zero-order valence-corrected chi connectivity index (χ0v) is 19.1. The van der Waals surface area contributed by atoms with Crippen LogP contribution in [0.5, 0.6) is 0 Å². The van der Waals surface area contributed by atoms with Gasteiger partial charge in [-0.1, -0.05) is 39.0 Å². The van der Waals surface area contributed by atoms with Gasteiger partial charge in [0.05, 0.1) is 18.3 Å². The van der Waals surface area contributed by atoms with E-state index in [2.05, 4.69) is 13.8 Å². The fourth-order valence-electron chi connectivity index (χ4n) is 4.33. The highest BCUT2D eigenvalue weighted by Gasteiger charge is 2.50. The highest BCUT2D eigenvalue weighted by Crippen LogP contribution is 2.42. The Morgan fingerprint density at radius 3 is 2.45 bits per heavy atom. The molecule has 0 aromatic carbocycles. The van der Waals surface area contributed by atoms with Crippen molar-refractivity contribution in [3.05, 3.63) is 23.8 Å². The first-order chi connectivity index (χ1) is 13.8. The van der Waals surface area contributed by atoms with Crippen LogP contribution >= 0.6 is 0 Å². The molecule has 0 saturated carbocycles. The van der Waals surface area contributed by atoms with Gasteiger partial charge in [0, 0.05) is 46.0 Å². The molecular formula is C23H40O6. The molecule has 0 spiro atoms. The van der Waals surface area contributed by atoms with Gasteiger partial charge in [-0.25, -0.2) is 0 Å². The van der Waals surface area contributed by atoms with Gasteiger partial charge in [-0.15, -0.1) is 0 Å². The predicted molar refractivity (Wildman–Crippen MR) is 112 cm³/mol. The average Bonchev–Trinajstić information content (AvgIpc) is 2.71. The molecule has 0 aromatic heterocycles. The number of ether oxygens (including phenoxy) is 5. The van der Waals surface area contributed by atoms with Crippen molar-refractivity contribution < 1.29 is 28.8 Å². The minimum absolute atomic E-state index is 0.0252. The van der Waals surface area contributed by atoms with Crippen LogP contribution in [0, 0.1) is 11.8 Å². The van der Waals surface area contributed by atoms with Crippen molar-refractivity contribution in [3.8, 4) is 0 Å². The highest BCUT2D eigenvalue weighted by molar-refractivity contribution is 5.18. The minimum atomic E-state index is -1.11. The van der Waals surface area contributed by atoms with Crippen LogP contribution in [0.1, 0.15) is 53.4 Å². The summed E-state index contributed by atoms with van der Waals surface area (Å²) in [6.07, 6.45) is 9.14. The van der Waals surface area contributed by atoms with E-state index in [1.165, 1.54) is 0 Å². The Morgan fingerprint density at radius 1 is 1.21 bits per heavy atom. The third-order valence-corrected chi connectivity index (χ3v) is 6.53. The molecule has 2 aliphatic rings. The number of aliphatic hydroxyl groups is 1. The molecule has 168 valence electrons. The van der Waals surface area contributed by atoms with Crippen LogP contribution in [0.15, 0.2) is 23.8 Å². The molecule has 2 saturated heterocycles. The average molecular weight is 413 g/mol. The smallest absolute Gasteiger partial charge is 0.174 e. The molecule has 29 heavy (non-hydrogen) atoms. The maximum atomic E-state index is 10.8. The summed E-state index contributed by atoms with van der Waals surface area (Å²) in [5.74, 6) is -0.970. The van der Waals surface area contributed by atoms with Crippen LogP contribution in [0.4, 0.5) is 0 Å². The Bertz CT molecular complexity index is 550. The lowest BCUT2D eigenvalue weighted by Gasteiger charge is -2.50. The molecule has 0 aromatic rings. The standard InChI is InChI=1S/C23H40O6/c1-8-18(25-5)17(4)20-14-23(24,29-20)16(3)11-9-10-15(2)22-19(26-6)12-13-21(27-7)28-22/h9-11,16-22,24H,8,12-14H2,1-7H3/b11-9+,15-10+/t16-,17+,18-,19-,20+,21-,22-,23-/m0/s1. The summed E-state index contributed by atoms with van der Waals surface area (Å²) in [7, 11) is 5.11. The van der Waals surface area contributed by atoms with E-state index in [0.29, 0.717) is 6.42 Å². The lowest BCUT2D eigenvalue weighted by Crippen LogP contribution is -2.58. The zero-order valence-electron chi connectivity index (χ0n) is 19.1. The Hall–Kier alpha value is -0.760. The van der Waals surface area contributed by atoms with Crippen molar-refractivity contribution in [2.75, 3.05) is 21.3 Å². The van der Waals surface area contributed by atoms with Crippen LogP contribution in [0.3, 0.4) is 0 Å². The topological polar surface area (TPSA) is 66.4 Å². The summed E-state index contributed by atoms with van der Waals surface area (Å²) >= 11 is 0. The second kappa shape index (κ2) is 11.0. The predicted octanol–water partition coefficient (Wildman–Crippen LogP) is 3.83. The molecule has 8 atom stereocenters. The number of rotatable bonds is 10. The molecule has 0 unspecified atom stereocenters. The summed E-state index contributed by atoms with van der Waals surface area (Å²) in [6, 6.07) is 0. The lowest BCUT2D eigenvalue weighted by atomic mass is 9.81. The summed E-state index contributed by atoms with van der Waals surface area (Å²) in [6.45, 7) is 8.24. The van der Waals surface area contributed by atoms with E-state index in [4.69, 9.17) is 23.7 Å². The van der Waals surface area contributed by atoms with Crippen molar-refractivity contribution in [2.45, 2.75) is 89.9 Å². The Labute approximate surface area is 176 Å². The third-order valence-electron chi connectivity index (χ3n) is 6.53. The van der Waals surface area contributed by atoms with E-state index in [-0.39, 0.29) is 42.5 Å². The van der Waals surface area contributed by atoms with E-state index >= 15 is 0 Å². The van der Waals surface area contributed by atoms with Gasteiger partial charge in [-0.05, 0) is 25.3 Å². The highest BCUT2D eigenvalue weighted by atomic mass is 16.7. The Balaban J connectivity index is 1.92. The summed E-state index contributed by atoms with van der Waals surface area (Å²) in [5.41, 5.74) is 1.07. The molecule has 0 amide bonds. The van der Waals surface area contributed by atoms with Crippen LogP contribution in [-0.4, -0.2) is 62.9 Å². The van der Waals surface area contributed by atoms with Crippen LogP contribution in [-0.2, 0) is 23.7 Å². The molecule has 2 aliphatic heterocycles. The van der Waals surface area contributed by atoms with E-state index in [0.717, 1.165) is 24.8 Å². The monoisotopic (exact) mass is 412 g/mol. The lowest BCUT2D eigenvalue weighted by molar-refractivity contribution is -0.351. The second-order valence-electron chi connectivity index (χ2n) is 8.40. The molecule has 1 N–H and O–H groups in total. The summed E-state index contributed by atoms with van der Waals surface area (Å²) < 4.78 is 28.4. The molecule has 2 rings (SSSR count). The van der Waals surface area contributed by atoms with Gasteiger partial charge >= 0.3 is 0 Å². The Kier molecular flexibility index (Phi) is 9.32. The van der Waals surface area contributed by atoms with Gasteiger partial charge in [0.2, 0.25) is 0 Å². The number of methoxy groups -OCH3 is 3. The van der Waals surface area contributed by atoms with Crippen molar-refractivity contribution in [3.63, 3.8) is 0 Å². The number of hydrogen-bond acceptors (Lipinski definition) is 6. The molecule has 2 heterocycles. The minimum Gasteiger partial charge on any atom is -0.381 e. The Morgan fingerprint density at radius 2 is 1.90 bits per heavy atom. The van der Waals surface area contributed by atoms with Gasteiger partial charge in [-0.3, -0.25) is 0 Å². The maximum Gasteiger partial charge on any atom is 0.174 e. The maximum absolute atomic E-state index is 10.8. The summed E-state index contributed by atoms with van der Waals surface area (Å²) in [5, 5.41) is 10.8. The molecule has 0 aliphatic carbocycles. The third kappa shape index (κ3) is 5.90. The fraction of sp³-hybridized carbons (Fsp3) is 0.826.